The summed E-state index contributed by atoms with van der Waals surface area (Å²) in [7, 11) is 0. The molecule has 0 spiro atoms. The summed E-state index contributed by atoms with van der Waals surface area (Å²) < 4.78 is 11.3. The molecule has 0 saturated heterocycles. The Kier molecular flexibility index (Phi) is 7.97. The van der Waals surface area contributed by atoms with Crippen LogP contribution in [0.2, 0.25) is 5.02 Å². The smallest absolute Gasteiger partial charge is 0.141 e. The van der Waals surface area contributed by atoms with Crippen molar-refractivity contribution >= 4 is 11.6 Å². The Morgan fingerprint density at radius 2 is 2.00 bits per heavy atom. The van der Waals surface area contributed by atoms with Crippen molar-refractivity contribution in [1.29, 1.82) is 0 Å². The van der Waals surface area contributed by atoms with E-state index in [2.05, 4.69) is 20.8 Å². The van der Waals surface area contributed by atoms with Gasteiger partial charge in [-0.1, -0.05) is 44.5 Å². The Hall–Kier alpha value is -0.770. The summed E-state index contributed by atoms with van der Waals surface area (Å²) >= 11 is 6.21. The lowest BCUT2D eigenvalue weighted by molar-refractivity contribution is 0.0816. The van der Waals surface area contributed by atoms with Gasteiger partial charge in [0.15, 0.2) is 0 Å². The molecule has 0 radical (unpaired) electrons. The van der Waals surface area contributed by atoms with Gasteiger partial charge in [-0.05, 0) is 30.4 Å². The van der Waals surface area contributed by atoms with Gasteiger partial charge < -0.3 is 15.2 Å². The summed E-state index contributed by atoms with van der Waals surface area (Å²) in [4.78, 5) is 0. The molecule has 1 aromatic rings. The van der Waals surface area contributed by atoms with Crippen LogP contribution in [0.1, 0.15) is 32.8 Å². The molecule has 0 aliphatic carbocycles. The van der Waals surface area contributed by atoms with E-state index >= 15 is 0 Å². The summed E-state index contributed by atoms with van der Waals surface area (Å²) in [5.41, 5.74) is 7.08. The Morgan fingerprint density at radius 1 is 1.25 bits per heavy atom. The lowest BCUT2D eigenvalue weighted by atomic mass is 10.0. The summed E-state index contributed by atoms with van der Waals surface area (Å²) in [6.45, 7) is 8.15. The molecule has 0 aromatic heterocycles. The predicted molar refractivity (Wildman–Crippen MR) is 84.6 cm³/mol. The van der Waals surface area contributed by atoms with Gasteiger partial charge in [-0.15, -0.1) is 0 Å². The van der Waals surface area contributed by atoms with Gasteiger partial charge in [0.1, 0.15) is 12.4 Å². The molecule has 1 atom stereocenters. The van der Waals surface area contributed by atoms with Crippen molar-refractivity contribution in [3.8, 4) is 5.75 Å². The molecular weight excluding hydrogens is 274 g/mol. The molecular formula is C16H26ClNO2. The molecule has 1 aromatic carbocycles. The first-order valence-corrected chi connectivity index (χ1v) is 7.65. The summed E-state index contributed by atoms with van der Waals surface area (Å²) in [6.07, 6.45) is 1.71. The molecule has 114 valence electrons. The van der Waals surface area contributed by atoms with Crippen molar-refractivity contribution in [2.24, 2.45) is 11.7 Å². The number of hydrogen-bond donors (Lipinski definition) is 1. The third kappa shape index (κ3) is 6.12. The van der Waals surface area contributed by atoms with Gasteiger partial charge in [-0.3, -0.25) is 0 Å². The van der Waals surface area contributed by atoms with Crippen molar-refractivity contribution in [3.05, 3.63) is 28.8 Å². The molecule has 1 rings (SSSR count). The Balaban J connectivity index is 2.54. The van der Waals surface area contributed by atoms with E-state index in [9.17, 15) is 0 Å². The van der Waals surface area contributed by atoms with Crippen molar-refractivity contribution in [1.82, 2.24) is 0 Å². The molecule has 0 fully saturated rings. The molecule has 0 bridgehead atoms. The maximum absolute atomic E-state index is 6.21. The Bertz CT molecular complexity index is 396. The zero-order valence-corrected chi connectivity index (χ0v) is 13.5. The van der Waals surface area contributed by atoms with E-state index < -0.39 is 0 Å². The zero-order chi connectivity index (χ0) is 15.0. The second kappa shape index (κ2) is 9.22. The molecule has 1 unspecified atom stereocenters. The van der Waals surface area contributed by atoms with Crippen molar-refractivity contribution < 1.29 is 9.47 Å². The summed E-state index contributed by atoms with van der Waals surface area (Å²) in [5.74, 6) is 1.28. The minimum Gasteiger partial charge on any atom is -0.489 e. The largest absolute Gasteiger partial charge is 0.489 e. The first kappa shape index (κ1) is 17.3. The monoisotopic (exact) mass is 299 g/mol. The molecule has 0 aliphatic heterocycles. The zero-order valence-electron chi connectivity index (χ0n) is 12.7. The fourth-order valence-corrected chi connectivity index (χ4v) is 2.07. The lowest BCUT2D eigenvalue weighted by Crippen LogP contribution is -2.22. The van der Waals surface area contributed by atoms with Crippen LogP contribution in [0.15, 0.2) is 18.2 Å². The minimum atomic E-state index is 0.132. The van der Waals surface area contributed by atoms with Crippen LogP contribution < -0.4 is 10.5 Å². The first-order chi connectivity index (χ1) is 9.54. The number of nitrogens with two attached hydrogens (primary N) is 1. The van der Waals surface area contributed by atoms with Crippen LogP contribution in [0.4, 0.5) is 0 Å². The van der Waals surface area contributed by atoms with Crippen LogP contribution in [0.3, 0.4) is 0 Å². The van der Waals surface area contributed by atoms with Crippen molar-refractivity contribution in [2.75, 3.05) is 19.8 Å². The highest BCUT2D eigenvalue weighted by atomic mass is 35.5. The highest BCUT2D eigenvalue weighted by Crippen LogP contribution is 2.29. The maximum atomic E-state index is 6.21. The van der Waals surface area contributed by atoms with Gasteiger partial charge in [0, 0.05) is 12.6 Å². The highest BCUT2D eigenvalue weighted by molar-refractivity contribution is 6.32. The van der Waals surface area contributed by atoms with E-state index in [4.69, 9.17) is 26.8 Å². The number of rotatable bonds is 9. The molecule has 20 heavy (non-hydrogen) atoms. The van der Waals surface area contributed by atoms with Gasteiger partial charge in [0.2, 0.25) is 0 Å². The molecule has 0 heterocycles. The van der Waals surface area contributed by atoms with Gasteiger partial charge in [-0.25, -0.2) is 0 Å². The van der Waals surface area contributed by atoms with Gasteiger partial charge in [0.25, 0.3) is 0 Å². The predicted octanol–water partition coefficient (Wildman–Crippen LogP) is 3.67. The van der Waals surface area contributed by atoms with E-state index in [-0.39, 0.29) is 6.04 Å². The summed E-state index contributed by atoms with van der Waals surface area (Å²) in [6, 6.07) is 5.92. The molecule has 2 N–H and O–H groups in total. The number of halogens is 1. The van der Waals surface area contributed by atoms with E-state index in [0.29, 0.717) is 24.2 Å². The Labute approximate surface area is 127 Å². The van der Waals surface area contributed by atoms with Gasteiger partial charge >= 0.3 is 0 Å². The molecule has 0 saturated carbocycles. The van der Waals surface area contributed by atoms with Crippen molar-refractivity contribution in [3.63, 3.8) is 0 Å². The SMILES string of the molecule is CCC(N)Cc1cccc(Cl)c1OCCOCC(C)C. The molecule has 3 nitrogen and oxygen atoms in total. The highest BCUT2D eigenvalue weighted by Gasteiger charge is 2.11. The average molecular weight is 300 g/mol. The number of hydrogen-bond acceptors (Lipinski definition) is 3. The normalized spacial score (nSPS) is 12.7. The van der Waals surface area contributed by atoms with Crippen molar-refractivity contribution in [2.45, 2.75) is 39.7 Å². The number of ether oxygens (including phenoxy) is 2. The molecule has 0 aliphatic rings. The fourth-order valence-electron chi connectivity index (χ4n) is 1.82. The van der Waals surface area contributed by atoms with Crippen LogP contribution >= 0.6 is 11.6 Å². The van der Waals surface area contributed by atoms with Gasteiger partial charge in [-0.2, -0.15) is 0 Å². The van der Waals surface area contributed by atoms with Crippen LogP contribution in [-0.4, -0.2) is 25.9 Å². The fraction of sp³-hybridized carbons (Fsp3) is 0.625. The molecule has 4 heteroatoms. The third-order valence-corrected chi connectivity index (χ3v) is 3.28. The van der Waals surface area contributed by atoms with Crippen LogP contribution in [-0.2, 0) is 11.2 Å². The van der Waals surface area contributed by atoms with E-state index in [0.717, 1.165) is 30.8 Å². The second-order valence-electron chi connectivity index (χ2n) is 5.42. The number of benzene rings is 1. The maximum Gasteiger partial charge on any atom is 0.141 e. The van der Waals surface area contributed by atoms with E-state index in [1.807, 2.05) is 18.2 Å². The summed E-state index contributed by atoms with van der Waals surface area (Å²) in [5, 5.41) is 0.634. The molecule has 0 amide bonds. The van der Waals surface area contributed by atoms with Crippen LogP contribution in [0.5, 0.6) is 5.75 Å². The average Bonchev–Trinajstić information content (AvgIpc) is 2.40. The van der Waals surface area contributed by atoms with Crippen LogP contribution in [0, 0.1) is 5.92 Å². The Morgan fingerprint density at radius 3 is 2.65 bits per heavy atom. The number of para-hydroxylation sites is 1. The van der Waals surface area contributed by atoms with E-state index in [1.165, 1.54) is 0 Å². The first-order valence-electron chi connectivity index (χ1n) is 7.28. The van der Waals surface area contributed by atoms with Gasteiger partial charge in [0.05, 0.1) is 11.6 Å². The van der Waals surface area contributed by atoms with E-state index in [1.54, 1.807) is 0 Å². The standard InChI is InChI=1S/C16H26ClNO2/c1-4-14(18)10-13-6-5-7-15(17)16(13)20-9-8-19-11-12(2)3/h5-7,12,14H,4,8-11,18H2,1-3H3. The quantitative estimate of drug-likeness (QED) is 0.708. The topological polar surface area (TPSA) is 44.5 Å². The lowest BCUT2D eigenvalue weighted by Gasteiger charge is -2.16. The third-order valence-electron chi connectivity index (χ3n) is 2.98. The minimum absolute atomic E-state index is 0.132. The van der Waals surface area contributed by atoms with Crippen LogP contribution in [0.25, 0.3) is 0 Å². The second-order valence-corrected chi connectivity index (χ2v) is 5.82.